The number of fused-ring (bicyclic) bond motifs is 1. The van der Waals surface area contributed by atoms with E-state index in [1.807, 2.05) is 6.92 Å². The van der Waals surface area contributed by atoms with E-state index in [-0.39, 0.29) is 5.91 Å². The predicted octanol–water partition coefficient (Wildman–Crippen LogP) is 7.66. The van der Waals surface area contributed by atoms with Gasteiger partial charge in [0, 0.05) is 24.0 Å². The summed E-state index contributed by atoms with van der Waals surface area (Å²) in [5, 5.41) is 5.39. The SMILES string of the molecule is CCCc1nc(C)sc1C(=O)NCCc1c(-c2ccccc2)n(Cc2cc(C)ccc2C)c2ccccc12. The molecule has 194 valence electrons. The third kappa shape index (κ3) is 5.30. The topological polar surface area (TPSA) is 46.9 Å². The largest absolute Gasteiger partial charge is 0.351 e. The highest BCUT2D eigenvalue weighted by Gasteiger charge is 2.20. The summed E-state index contributed by atoms with van der Waals surface area (Å²) >= 11 is 1.49. The molecule has 0 saturated carbocycles. The second-order valence-corrected chi connectivity index (χ2v) is 11.2. The molecule has 5 rings (SSSR count). The van der Waals surface area contributed by atoms with Gasteiger partial charge in [0.25, 0.3) is 5.91 Å². The standard InChI is InChI=1S/C33H35N3OS/c1-5-11-29-32(38-24(4)35-29)33(37)34-19-18-28-27-14-9-10-15-30(27)36(31(28)25-12-7-6-8-13-25)21-26-20-22(2)16-17-23(26)3/h6-10,12-17,20H,5,11,18-19,21H2,1-4H3,(H,34,37). The Kier molecular flexibility index (Phi) is 7.75. The van der Waals surface area contributed by atoms with Crippen LogP contribution >= 0.6 is 11.3 Å². The maximum absolute atomic E-state index is 13.1. The first-order valence-electron chi connectivity index (χ1n) is 13.4. The molecule has 5 heteroatoms. The average Bonchev–Trinajstić information content (AvgIpc) is 3.44. The molecule has 0 aliphatic rings. The molecular weight excluding hydrogens is 486 g/mol. The van der Waals surface area contributed by atoms with Gasteiger partial charge in [0.2, 0.25) is 0 Å². The van der Waals surface area contributed by atoms with E-state index in [4.69, 9.17) is 0 Å². The van der Waals surface area contributed by atoms with Crippen molar-refractivity contribution in [1.82, 2.24) is 14.9 Å². The van der Waals surface area contributed by atoms with Crippen molar-refractivity contribution in [3.05, 3.63) is 111 Å². The molecule has 38 heavy (non-hydrogen) atoms. The van der Waals surface area contributed by atoms with Crippen LogP contribution in [-0.4, -0.2) is 22.0 Å². The fraction of sp³-hybridized carbons (Fsp3) is 0.273. The number of nitrogens with zero attached hydrogens (tertiary/aromatic N) is 2. The maximum Gasteiger partial charge on any atom is 0.263 e. The molecule has 0 saturated heterocycles. The van der Waals surface area contributed by atoms with Crippen LogP contribution in [-0.2, 0) is 19.4 Å². The molecule has 0 aliphatic heterocycles. The highest BCUT2D eigenvalue weighted by atomic mass is 32.1. The van der Waals surface area contributed by atoms with Crippen molar-refractivity contribution in [3.63, 3.8) is 0 Å². The second-order valence-electron chi connectivity index (χ2n) is 9.99. The summed E-state index contributed by atoms with van der Waals surface area (Å²) in [6, 6.07) is 26.0. The highest BCUT2D eigenvalue weighted by Crippen LogP contribution is 2.35. The molecule has 0 spiro atoms. The van der Waals surface area contributed by atoms with E-state index >= 15 is 0 Å². The molecule has 0 aliphatic carbocycles. The first-order chi connectivity index (χ1) is 18.5. The lowest BCUT2D eigenvalue weighted by Crippen LogP contribution is -2.26. The van der Waals surface area contributed by atoms with E-state index in [1.54, 1.807) is 0 Å². The summed E-state index contributed by atoms with van der Waals surface area (Å²) in [6.07, 6.45) is 2.55. The Bertz CT molecular complexity index is 1580. The maximum atomic E-state index is 13.1. The zero-order chi connectivity index (χ0) is 26.6. The monoisotopic (exact) mass is 521 g/mol. The molecule has 0 unspecified atom stereocenters. The van der Waals surface area contributed by atoms with Crippen molar-refractivity contribution >= 4 is 28.1 Å². The quantitative estimate of drug-likeness (QED) is 0.216. The molecule has 2 aromatic heterocycles. The molecule has 2 heterocycles. The number of hydrogen-bond donors (Lipinski definition) is 1. The van der Waals surface area contributed by atoms with Crippen molar-refractivity contribution in [2.24, 2.45) is 0 Å². The highest BCUT2D eigenvalue weighted by molar-refractivity contribution is 7.13. The number of nitrogens with one attached hydrogen (secondary N) is 1. The van der Waals surface area contributed by atoms with Gasteiger partial charge in [-0.2, -0.15) is 0 Å². The summed E-state index contributed by atoms with van der Waals surface area (Å²) in [5.74, 6) is -0.0144. The first-order valence-corrected chi connectivity index (χ1v) is 14.2. The van der Waals surface area contributed by atoms with E-state index in [0.717, 1.165) is 41.4 Å². The number of thiazole rings is 1. The van der Waals surface area contributed by atoms with E-state index in [1.165, 1.54) is 55.8 Å². The Morgan fingerprint density at radius 2 is 1.71 bits per heavy atom. The van der Waals surface area contributed by atoms with Gasteiger partial charge in [-0.1, -0.05) is 85.6 Å². The number of aromatic nitrogens is 2. The number of carbonyl (C=O) groups excluding carboxylic acids is 1. The summed E-state index contributed by atoms with van der Waals surface area (Å²) in [6.45, 7) is 9.79. The Morgan fingerprint density at radius 3 is 2.50 bits per heavy atom. The number of hydrogen-bond acceptors (Lipinski definition) is 3. The first kappa shape index (κ1) is 25.9. The van der Waals surface area contributed by atoms with Gasteiger partial charge in [-0.3, -0.25) is 4.79 Å². The summed E-state index contributed by atoms with van der Waals surface area (Å²) < 4.78 is 2.45. The van der Waals surface area contributed by atoms with Crippen molar-refractivity contribution in [2.75, 3.05) is 6.54 Å². The van der Waals surface area contributed by atoms with Crippen LogP contribution in [0.15, 0.2) is 72.8 Å². The third-order valence-electron chi connectivity index (χ3n) is 7.11. The van der Waals surface area contributed by atoms with Crippen LogP contribution < -0.4 is 5.32 Å². The van der Waals surface area contributed by atoms with Crippen LogP contribution in [0.3, 0.4) is 0 Å². The van der Waals surface area contributed by atoms with Crippen LogP contribution in [0.4, 0.5) is 0 Å². The molecule has 5 aromatic rings. The minimum atomic E-state index is -0.0144. The van der Waals surface area contributed by atoms with E-state index in [2.05, 4.69) is 108 Å². The van der Waals surface area contributed by atoms with Crippen LogP contribution in [0, 0.1) is 20.8 Å². The predicted molar refractivity (Wildman–Crippen MR) is 159 cm³/mol. The van der Waals surface area contributed by atoms with Crippen LogP contribution in [0.25, 0.3) is 22.2 Å². The van der Waals surface area contributed by atoms with Crippen molar-refractivity contribution in [2.45, 2.75) is 53.5 Å². The number of para-hydroxylation sites is 1. The molecule has 0 atom stereocenters. The number of rotatable bonds is 9. The normalized spacial score (nSPS) is 11.3. The molecule has 4 nitrogen and oxygen atoms in total. The third-order valence-corrected chi connectivity index (χ3v) is 8.13. The van der Waals surface area contributed by atoms with Gasteiger partial charge in [0.1, 0.15) is 4.88 Å². The lowest BCUT2D eigenvalue weighted by atomic mass is 10.0. The minimum Gasteiger partial charge on any atom is -0.351 e. The Hall–Kier alpha value is -3.70. The fourth-order valence-corrected chi connectivity index (χ4v) is 6.18. The smallest absolute Gasteiger partial charge is 0.263 e. The molecule has 0 fully saturated rings. The van der Waals surface area contributed by atoms with E-state index in [9.17, 15) is 4.79 Å². The minimum absolute atomic E-state index is 0.0144. The van der Waals surface area contributed by atoms with Crippen LogP contribution in [0.1, 0.15) is 56.0 Å². The van der Waals surface area contributed by atoms with Crippen molar-refractivity contribution in [3.8, 4) is 11.3 Å². The fourth-order valence-electron chi connectivity index (χ4n) is 5.29. The second kappa shape index (κ2) is 11.4. The van der Waals surface area contributed by atoms with E-state index in [0.29, 0.717) is 6.54 Å². The van der Waals surface area contributed by atoms with Crippen LogP contribution in [0.2, 0.25) is 0 Å². The lowest BCUT2D eigenvalue weighted by Gasteiger charge is -2.15. The summed E-state index contributed by atoms with van der Waals surface area (Å²) in [7, 11) is 0. The van der Waals surface area contributed by atoms with Gasteiger partial charge in [0.15, 0.2) is 0 Å². The molecular formula is C33H35N3OS. The van der Waals surface area contributed by atoms with E-state index < -0.39 is 0 Å². The molecule has 1 amide bonds. The zero-order valence-electron chi connectivity index (χ0n) is 22.7. The molecule has 3 aromatic carbocycles. The van der Waals surface area contributed by atoms with Gasteiger partial charge in [-0.05, 0) is 61.9 Å². The summed E-state index contributed by atoms with van der Waals surface area (Å²) in [5.41, 5.74) is 9.72. The Labute approximate surface area is 229 Å². The van der Waals surface area contributed by atoms with Crippen molar-refractivity contribution in [1.29, 1.82) is 0 Å². The van der Waals surface area contributed by atoms with Crippen LogP contribution in [0.5, 0.6) is 0 Å². The zero-order valence-corrected chi connectivity index (χ0v) is 23.5. The van der Waals surface area contributed by atoms with Gasteiger partial charge >= 0.3 is 0 Å². The van der Waals surface area contributed by atoms with Gasteiger partial charge in [0.05, 0.1) is 16.4 Å². The molecule has 1 N–H and O–H groups in total. The Balaban J connectivity index is 1.52. The van der Waals surface area contributed by atoms with Gasteiger partial charge in [-0.25, -0.2) is 4.98 Å². The molecule has 0 radical (unpaired) electrons. The summed E-state index contributed by atoms with van der Waals surface area (Å²) in [4.78, 5) is 18.5. The number of carbonyl (C=O) groups is 1. The lowest BCUT2D eigenvalue weighted by molar-refractivity contribution is 0.0957. The number of benzene rings is 3. The van der Waals surface area contributed by atoms with Gasteiger partial charge in [-0.15, -0.1) is 11.3 Å². The Morgan fingerprint density at radius 1 is 0.947 bits per heavy atom. The number of aryl methyl sites for hydroxylation is 4. The number of amides is 1. The van der Waals surface area contributed by atoms with Gasteiger partial charge < -0.3 is 9.88 Å². The molecule has 0 bridgehead atoms. The average molecular weight is 522 g/mol. The van der Waals surface area contributed by atoms with Crippen molar-refractivity contribution < 1.29 is 4.79 Å².